The fourth-order valence-corrected chi connectivity index (χ4v) is 8.41. The summed E-state index contributed by atoms with van der Waals surface area (Å²) >= 11 is 0. The first-order chi connectivity index (χ1) is 29.2. The molecule has 0 atom stereocenters. The number of imidazole rings is 1. The second-order valence-electron chi connectivity index (χ2n) is 14.4. The molecule has 0 bridgehead atoms. The Morgan fingerprint density at radius 1 is 0.508 bits per heavy atom. The maximum atomic E-state index is 5.34. The molecular weight excluding hydrogens is 725 g/mol. The summed E-state index contributed by atoms with van der Waals surface area (Å²) in [4.78, 5) is 29.4. The minimum Gasteiger partial charge on any atom is -0.320 e. The lowest BCUT2D eigenvalue weighted by molar-refractivity contribution is 0.791. The van der Waals surface area contributed by atoms with E-state index in [2.05, 4.69) is 122 Å². The molecule has 59 heavy (non-hydrogen) atoms. The van der Waals surface area contributed by atoms with Gasteiger partial charge in [0.05, 0.1) is 39.0 Å². The monoisotopic (exact) mass is 758 g/mol. The summed E-state index contributed by atoms with van der Waals surface area (Å²) < 4.78 is 4.58. The van der Waals surface area contributed by atoms with E-state index in [0.29, 0.717) is 18.3 Å². The maximum absolute atomic E-state index is 5.34. The Balaban J connectivity index is 1.13. The SMILES string of the molecule is C=NC(=N/C(=N\Cn1c2ccccc2c2c3c4ccccc4n4c5ccccc5nc4c3ccc21)c1cccc(-c2ccccn2)c1)c1cccc(-c2ccccn2)c1. The quantitative estimate of drug-likeness (QED) is 0.0961. The molecule has 5 heterocycles. The zero-order valence-electron chi connectivity index (χ0n) is 31.8. The molecule has 0 aliphatic rings. The van der Waals surface area contributed by atoms with Crippen molar-refractivity contribution in [2.45, 2.75) is 6.67 Å². The second kappa shape index (κ2) is 14.1. The van der Waals surface area contributed by atoms with Crippen LogP contribution in [0.15, 0.2) is 197 Å². The van der Waals surface area contributed by atoms with Crippen LogP contribution in [0, 0.1) is 0 Å². The van der Waals surface area contributed by atoms with Gasteiger partial charge in [-0.05, 0) is 79.5 Å². The smallest absolute Gasteiger partial charge is 0.161 e. The molecule has 0 amide bonds. The summed E-state index contributed by atoms with van der Waals surface area (Å²) in [6.45, 7) is 4.26. The van der Waals surface area contributed by atoms with E-state index in [1.165, 1.54) is 16.2 Å². The summed E-state index contributed by atoms with van der Waals surface area (Å²) in [5, 5.41) is 5.76. The van der Waals surface area contributed by atoms with Crippen molar-refractivity contribution in [1.82, 2.24) is 23.9 Å². The van der Waals surface area contributed by atoms with Gasteiger partial charge in [-0.3, -0.25) is 14.4 Å². The van der Waals surface area contributed by atoms with Crippen molar-refractivity contribution in [3.8, 4) is 22.5 Å². The van der Waals surface area contributed by atoms with E-state index in [0.717, 1.165) is 77.6 Å². The number of hydrogen-bond donors (Lipinski definition) is 0. The number of pyridine rings is 3. The number of rotatable bonds is 6. The number of aliphatic imine (C=N–C) groups is 3. The van der Waals surface area contributed by atoms with E-state index in [1.54, 1.807) is 12.4 Å². The average molecular weight is 759 g/mol. The third-order valence-corrected chi connectivity index (χ3v) is 11.0. The van der Waals surface area contributed by atoms with Crippen LogP contribution < -0.4 is 0 Å². The largest absolute Gasteiger partial charge is 0.320 e. The Morgan fingerprint density at radius 3 is 1.80 bits per heavy atom. The van der Waals surface area contributed by atoms with E-state index in [4.69, 9.17) is 15.0 Å². The Labute approximate surface area is 338 Å². The molecular formula is C51H34N8. The van der Waals surface area contributed by atoms with Gasteiger partial charge in [0.2, 0.25) is 0 Å². The predicted octanol–water partition coefficient (Wildman–Crippen LogP) is 11.6. The van der Waals surface area contributed by atoms with Gasteiger partial charge in [0.25, 0.3) is 0 Å². The van der Waals surface area contributed by atoms with Crippen molar-refractivity contribution in [3.05, 3.63) is 193 Å². The average Bonchev–Trinajstić information content (AvgIpc) is 3.86. The van der Waals surface area contributed by atoms with Crippen LogP contribution in [0.1, 0.15) is 11.1 Å². The van der Waals surface area contributed by atoms with E-state index < -0.39 is 0 Å². The van der Waals surface area contributed by atoms with Crippen LogP contribution in [0.3, 0.4) is 0 Å². The maximum Gasteiger partial charge on any atom is 0.161 e. The Hall–Kier alpha value is -8.10. The zero-order chi connectivity index (χ0) is 39.3. The van der Waals surface area contributed by atoms with E-state index >= 15 is 0 Å². The van der Waals surface area contributed by atoms with Gasteiger partial charge < -0.3 is 4.57 Å². The molecule has 5 aromatic heterocycles. The number of aromatic nitrogens is 5. The molecule has 0 fully saturated rings. The number of fused-ring (bicyclic) bond motifs is 12. The van der Waals surface area contributed by atoms with E-state index in [9.17, 15) is 0 Å². The molecule has 8 heteroatoms. The molecule has 0 saturated carbocycles. The van der Waals surface area contributed by atoms with Crippen molar-refractivity contribution in [1.29, 1.82) is 0 Å². The summed E-state index contributed by atoms with van der Waals surface area (Å²) in [5.74, 6) is 0.983. The second-order valence-corrected chi connectivity index (χ2v) is 14.4. The van der Waals surface area contributed by atoms with Gasteiger partial charge in [0.1, 0.15) is 12.3 Å². The van der Waals surface area contributed by atoms with Crippen molar-refractivity contribution >= 4 is 78.6 Å². The van der Waals surface area contributed by atoms with Crippen molar-refractivity contribution < 1.29 is 0 Å². The molecule has 8 nitrogen and oxygen atoms in total. The highest BCUT2D eigenvalue weighted by atomic mass is 15.1. The van der Waals surface area contributed by atoms with Crippen LogP contribution in [0.4, 0.5) is 0 Å². The van der Waals surface area contributed by atoms with Gasteiger partial charge >= 0.3 is 0 Å². The van der Waals surface area contributed by atoms with Crippen LogP contribution >= 0.6 is 0 Å². The third-order valence-electron chi connectivity index (χ3n) is 11.0. The first-order valence-electron chi connectivity index (χ1n) is 19.5. The summed E-state index contributed by atoms with van der Waals surface area (Å²) in [6, 6.07) is 58.1. The number of para-hydroxylation sites is 4. The standard InChI is InChI=1S/C51H34N8/c1-52-49(35-16-12-14-33(30-35)40-20-8-10-28-53-40)57-50(36-17-13-15-34(31-36)41-21-9-11-29-54-41)55-32-58-43-23-5-2-18-37(43)48-46(58)27-26-39-47(48)38-19-3-6-24-44(38)59-45-25-7-4-22-42(45)56-51(39)59/h2-31H,1,32H2/b55-50-,57-49?. The summed E-state index contributed by atoms with van der Waals surface area (Å²) in [6.07, 6.45) is 3.60. The molecule has 0 saturated heterocycles. The molecule has 11 aromatic rings. The molecule has 0 unspecified atom stereocenters. The minimum atomic E-state index is 0.300. The number of benzene rings is 6. The Kier molecular flexibility index (Phi) is 8.18. The molecule has 0 N–H and O–H groups in total. The van der Waals surface area contributed by atoms with Gasteiger partial charge in [0.15, 0.2) is 11.7 Å². The van der Waals surface area contributed by atoms with Crippen LogP contribution in [-0.4, -0.2) is 42.3 Å². The fraction of sp³-hybridized carbons (Fsp3) is 0.0196. The molecule has 0 aliphatic carbocycles. The normalized spacial score (nSPS) is 12.4. The van der Waals surface area contributed by atoms with Crippen molar-refractivity contribution in [2.75, 3.05) is 0 Å². The Morgan fingerprint density at radius 2 is 1.12 bits per heavy atom. The predicted molar refractivity (Wildman–Crippen MR) is 243 cm³/mol. The number of nitrogens with zero attached hydrogens (tertiary/aromatic N) is 8. The lowest BCUT2D eigenvalue weighted by atomic mass is 10.00. The van der Waals surface area contributed by atoms with Gasteiger partial charge in [-0.25, -0.2) is 20.0 Å². The lowest BCUT2D eigenvalue weighted by Crippen LogP contribution is -2.07. The van der Waals surface area contributed by atoms with Gasteiger partial charge in [-0.1, -0.05) is 97.1 Å². The van der Waals surface area contributed by atoms with Crippen LogP contribution in [0.5, 0.6) is 0 Å². The van der Waals surface area contributed by atoms with Gasteiger partial charge in [-0.15, -0.1) is 0 Å². The Bertz CT molecular complexity index is 3490. The molecule has 0 aliphatic heterocycles. The molecule has 11 rings (SSSR count). The van der Waals surface area contributed by atoms with Crippen molar-refractivity contribution in [3.63, 3.8) is 0 Å². The highest BCUT2D eigenvalue weighted by molar-refractivity contribution is 6.30. The van der Waals surface area contributed by atoms with Crippen LogP contribution in [0.25, 0.3) is 82.7 Å². The molecule has 0 spiro atoms. The van der Waals surface area contributed by atoms with Crippen LogP contribution in [0.2, 0.25) is 0 Å². The first kappa shape index (κ1) is 34.2. The fourth-order valence-electron chi connectivity index (χ4n) is 8.41. The third kappa shape index (κ3) is 5.77. The number of amidine groups is 2. The number of hydrogen-bond acceptors (Lipinski definition) is 4. The molecule has 6 aromatic carbocycles. The highest BCUT2D eigenvalue weighted by Crippen LogP contribution is 2.41. The summed E-state index contributed by atoms with van der Waals surface area (Å²) in [7, 11) is 0. The van der Waals surface area contributed by atoms with Gasteiger partial charge in [0, 0.05) is 61.6 Å². The van der Waals surface area contributed by atoms with E-state index in [-0.39, 0.29) is 0 Å². The zero-order valence-corrected chi connectivity index (χ0v) is 31.8. The van der Waals surface area contributed by atoms with Gasteiger partial charge in [-0.2, -0.15) is 0 Å². The first-order valence-corrected chi connectivity index (χ1v) is 19.5. The highest BCUT2D eigenvalue weighted by Gasteiger charge is 2.20. The summed E-state index contributed by atoms with van der Waals surface area (Å²) in [5.41, 5.74) is 11.6. The minimum absolute atomic E-state index is 0.300. The van der Waals surface area contributed by atoms with Crippen LogP contribution in [-0.2, 0) is 6.67 Å². The molecule has 0 radical (unpaired) electrons. The lowest BCUT2D eigenvalue weighted by Gasteiger charge is -2.11. The topological polar surface area (TPSA) is 85.1 Å². The van der Waals surface area contributed by atoms with Crippen molar-refractivity contribution in [2.24, 2.45) is 15.0 Å². The van der Waals surface area contributed by atoms with E-state index in [1.807, 2.05) is 78.9 Å². The molecule has 278 valence electrons.